The van der Waals surface area contributed by atoms with Crippen LogP contribution in [0.15, 0.2) is 23.7 Å². The highest BCUT2D eigenvalue weighted by Crippen LogP contribution is 1.97. The van der Waals surface area contributed by atoms with Crippen LogP contribution in [0.25, 0.3) is 0 Å². The Morgan fingerprint density at radius 3 is 2.44 bits per heavy atom. The number of methoxy groups -OCH3 is 1. The molecular weight excluding hydrogens is 116 g/mol. The van der Waals surface area contributed by atoms with Crippen LogP contribution in [0.3, 0.4) is 0 Å². The van der Waals surface area contributed by atoms with E-state index in [0.29, 0.717) is 5.76 Å². The molecule has 0 bridgehead atoms. The molecule has 0 aliphatic heterocycles. The number of ether oxygens (including phenoxy) is 1. The summed E-state index contributed by atoms with van der Waals surface area (Å²) in [4.78, 5) is 0. The maximum absolute atomic E-state index is 8.86. The van der Waals surface area contributed by atoms with Gasteiger partial charge in [-0.15, -0.1) is 0 Å². The largest absolute Gasteiger partial charge is 0.508 e. The number of allylic oxidation sites excluding steroid dienone is 3. The van der Waals surface area contributed by atoms with Gasteiger partial charge in [-0.2, -0.15) is 0 Å². The zero-order valence-corrected chi connectivity index (χ0v) is 6.01. The van der Waals surface area contributed by atoms with Gasteiger partial charge in [-0.25, -0.2) is 0 Å². The van der Waals surface area contributed by atoms with Gasteiger partial charge in [0.05, 0.1) is 12.9 Å². The molecule has 0 spiro atoms. The van der Waals surface area contributed by atoms with Crippen molar-refractivity contribution in [3.63, 3.8) is 0 Å². The lowest BCUT2D eigenvalue weighted by atomic mass is 10.4. The molecule has 0 aliphatic rings. The molecule has 0 aliphatic carbocycles. The van der Waals surface area contributed by atoms with E-state index >= 15 is 0 Å². The first-order valence-corrected chi connectivity index (χ1v) is 2.78. The van der Waals surface area contributed by atoms with E-state index in [1.54, 1.807) is 33.1 Å². The van der Waals surface area contributed by atoms with Crippen LogP contribution in [0.1, 0.15) is 13.8 Å². The third-order valence-electron chi connectivity index (χ3n) is 0.969. The Hall–Kier alpha value is -0.920. The summed E-state index contributed by atoms with van der Waals surface area (Å²) in [7, 11) is 1.56. The average molecular weight is 128 g/mol. The Balaban J connectivity index is 3.95. The second kappa shape index (κ2) is 4.01. The zero-order chi connectivity index (χ0) is 7.28. The number of hydrogen-bond acceptors (Lipinski definition) is 2. The molecule has 1 N–H and O–H groups in total. The van der Waals surface area contributed by atoms with Gasteiger partial charge in [0.15, 0.2) is 0 Å². The van der Waals surface area contributed by atoms with Gasteiger partial charge in [0, 0.05) is 6.08 Å². The number of rotatable bonds is 2. The van der Waals surface area contributed by atoms with E-state index in [0.717, 1.165) is 0 Å². The van der Waals surface area contributed by atoms with Crippen molar-refractivity contribution < 1.29 is 9.84 Å². The predicted octanol–water partition coefficient (Wildman–Crippen LogP) is 2.00. The van der Waals surface area contributed by atoms with Crippen LogP contribution in [0.4, 0.5) is 0 Å². The Kier molecular flexibility index (Phi) is 3.60. The van der Waals surface area contributed by atoms with E-state index in [1.165, 1.54) is 0 Å². The van der Waals surface area contributed by atoms with Crippen LogP contribution in [0.5, 0.6) is 0 Å². The van der Waals surface area contributed by atoms with Gasteiger partial charge in [-0.05, 0) is 19.9 Å². The molecule has 0 unspecified atom stereocenters. The van der Waals surface area contributed by atoms with Gasteiger partial charge in [-0.1, -0.05) is 0 Å². The maximum Gasteiger partial charge on any atom is 0.114 e. The van der Waals surface area contributed by atoms with Gasteiger partial charge in [0.2, 0.25) is 0 Å². The first kappa shape index (κ1) is 8.08. The second-order valence-electron chi connectivity index (χ2n) is 1.67. The van der Waals surface area contributed by atoms with E-state index in [1.807, 2.05) is 0 Å². The quantitative estimate of drug-likeness (QED) is 0.455. The molecule has 9 heavy (non-hydrogen) atoms. The minimum Gasteiger partial charge on any atom is -0.508 e. The lowest BCUT2D eigenvalue weighted by molar-refractivity contribution is 0.289. The van der Waals surface area contributed by atoms with Crippen molar-refractivity contribution in [2.45, 2.75) is 13.8 Å². The van der Waals surface area contributed by atoms with Crippen molar-refractivity contribution in [1.82, 2.24) is 0 Å². The highest BCUT2D eigenvalue weighted by Gasteiger charge is 1.85. The van der Waals surface area contributed by atoms with E-state index in [-0.39, 0.29) is 5.76 Å². The molecule has 0 saturated carbocycles. The minimum absolute atomic E-state index is 0.231. The second-order valence-corrected chi connectivity index (χ2v) is 1.67. The molecule has 0 heterocycles. The van der Waals surface area contributed by atoms with Gasteiger partial charge in [0.1, 0.15) is 5.76 Å². The Morgan fingerprint density at radius 2 is 2.11 bits per heavy atom. The van der Waals surface area contributed by atoms with E-state index in [2.05, 4.69) is 0 Å². The smallest absolute Gasteiger partial charge is 0.114 e. The van der Waals surface area contributed by atoms with Crippen LogP contribution < -0.4 is 0 Å². The van der Waals surface area contributed by atoms with E-state index in [4.69, 9.17) is 9.84 Å². The molecule has 0 aromatic carbocycles. The lowest BCUT2D eigenvalue weighted by Crippen LogP contribution is -1.80. The summed E-state index contributed by atoms with van der Waals surface area (Å²) in [5.74, 6) is 0.931. The topological polar surface area (TPSA) is 29.5 Å². The molecule has 0 amide bonds. The van der Waals surface area contributed by atoms with Crippen molar-refractivity contribution >= 4 is 0 Å². The molecule has 0 fully saturated rings. The van der Waals surface area contributed by atoms with Crippen LogP contribution in [0.2, 0.25) is 0 Å². The van der Waals surface area contributed by atoms with Gasteiger partial charge >= 0.3 is 0 Å². The van der Waals surface area contributed by atoms with Crippen LogP contribution in [-0.4, -0.2) is 12.2 Å². The van der Waals surface area contributed by atoms with Gasteiger partial charge < -0.3 is 9.84 Å². The summed E-state index contributed by atoms with van der Waals surface area (Å²) in [6.07, 6.45) is 3.16. The molecule has 52 valence electrons. The summed E-state index contributed by atoms with van der Waals surface area (Å²) in [6, 6.07) is 0. The predicted molar refractivity (Wildman–Crippen MR) is 37.2 cm³/mol. The lowest BCUT2D eigenvalue weighted by Gasteiger charge is -1.96. The van der Waals surface area contributed by atoms with E-state index in [9.17, 15) is 0 Å². The van der Waals surface area contributed by atoms with Crippen molar-refractivity contribution in [1.29, 1.82) is 0 Å². The molecule has 0 rings (SSSR count). The summed E-state index contributed by atoms with van der Waals surface area (Å²) in [5, 5.41) is 8.86. The fourth-order valence-electron chi connectivity index (χ4n) is 0.351. The summed E-state index contributed by atoms with van der Waals surface area (Å²) >= 11 is 0. The maximum atomic E-state index is 8.86. The summed E-state index contributed by atoms with van der Waals surface area (Å²) in [5.41, 5.74) is 0. The third-order valence-corrected chi connectivity index (χ3v) is 0.969. The first-order valence-electron chi connectivity index (χ1n) is 2.78. The van der Waals surface area contributed by atoms with Crippen LogP contribution in [-0.2, 0) is 4.74 Å². The fourth-order valence-corrected chi connectivity index (χ4v) is 0.351. The standard InChI is InChI=1S/C7H12O2/c1-4-7(8)5-6(2)9-3/h4-5,8H,1-3H3/b6-5+,7-4+. The van der Waals surface area contributed by atoms with Crippen molar-refractivity contribution in [2.75, 3.05) is 7.11 Å². The molecule has 0 radical (unpaired) electrons. The van der Waals surface area contributed by atoms with Crippen LogP contribution >= 0.6 is 0 Å². The monoisotopic (exact) mass is 128 g/mol. The molecule has 0 aromatic rings. The van der Waals surface area contributed by atoms with Gasteiger partial charge in [0.25, 0.3) is 0 Å². The Morgan fingerprint density at radius 1 is 1.56 bits per heavy atom. The third kappa shape index (κ3) is 3.64. The number of aliphatic hydroxyl groups is 1. The molecule has 2 nitrogen and oxygen atoms in total. The number of hydrogen-bond donors (Lipinski definition) is 1. The van der Waals surface area contributed by atoms with E-state index < -0.39 is 0 Å². The Bertz CT molecular complexity index is 134. The molecule has 2 heteroatoms. The number of aliphatic hydroxyl groups excluding tert-OH is 1. The molecular formula is C7H12O2. The molecule has 0 saturated heterocycles. The Labute approximate surface area is 55.5 Å². The van der Waals surface area contributed by atoms with Crippen molar-refractivity contribution in [3.05, 3.63) is 23.7 Å². The SMILES string of the molecule is C/C=C(O)\C=C(/C)OC. The molecule has 0 aromatic heterocycles. The average Bonchev–Trinajstić information content (AvgIpc) is 1.87. The van der Waals surface area contributed by atoms with Crippen molar-refractivity contribution in [2.24, 2.45) is 0 Å². The molecule has 0 atom stereocenters. The van der Waals surface area contributed by atoms with Crippen molar-refractivity contribution in [3.8, 4) is 0 Å². The van der Waals surface area contributed by atoms with Gasteiger partial charge in [-0.3, -0.25) is 0 Å². The minimum atomic E-state index is 0.231. The first-order chi connectivity index (χ1) is 4.20. The normalized spacial score (nSPS) is 13.7. The fraction of sp³-hybridized carbons (Fsp3) is 0.429. The summed E-state index contributed by atoms with van der Waals surface area (Å²) in [6.45, 7) is 3.54. The van der Waals surface area contributed by atoms with Crippen LogP contribution in [0, 0.1) is 0 Å². The highest BCUT2D eigenvalue weighted by molar-refractivity contribution is 5.11. The zero-order valence-electron chi connectivity index (χ0n) is 6.01. The highest BCUT2D eigenvalue weighted by atomic mass is 16.5. The summed E-state index contributed by atoms with van der Waals surface area (Å²) < 4.78 is 4.78.